The van der Waals surface area contributed by atoms with Crippen LogP contribution in [0, 0.1) is 11.3 Å². The minimum atomic E-state index is 0.304. The molecule has 0 unspecified atom stereocenters. The molecule has 1 saturated carbocycles. The van der Waals surface area contributed by atoms with Crippen molar-refractivity contribution in [1.29, 1.82) is 0 Å². The van der Waals surface area contributed by atoms with Gasteiger partial charge in [-0.25, -0.2) is 0 Å². The van der Waals surface area contributed by atoms with Gasteiger partial charge in [0.1, 0.15) is 0 Å². The quantitative estimate of drug-likeness (QED) is 0.724. The lowest BCUT2D eigenvalue weighted by atomic mass is 9.70. The summed E-state index contributed by atoms with van der Waals surface area (Å²) in [4.78, 5) is 0. The predicted octanol–water partition coefficient (Wildman–Crippen LogP) is 3.35. The molecule has 0 aromatic carbocycles. The smallest absolute Gasteiger partial charge is 0.0534 e. The highest BCUT2D eigenvalue weighted by molar-refractivity contribution is 4.86. The molecule has 0 aromatic heterocycles. The normalized spacial score (nSPS) is 30.6. The Bertz CT molecular complexity index is 174. The topological polar surface area (TPSA) is 35.2 Å². The van der Waals surface area contributed by atoms with Crippen LogP contribution in [0.1, 0.15) is 58.8 Å². The second kappa shape index (κ2) is 7.29. The van der Waals surface area contributed by atoms with Crippen molar-refractivity contribution >= 4 is 0 Å². The fourth-order valence-electron chi connectivity index (χ4n) is 2.80. The molecular weight excluding hydrogens is 198 g/mol. The Hall–Kier alpha value is -0.0800. The molecule has 0 aliphatic heterocycles. The number of ether oxygens (including phenoxy) is 1. The van der Waals surface area contributed by atoms with E-state index in [2.05, 4.69) is 13.8 Å². The van der Waals surface area contributed by atoms with Gasteiger partial charge < -0.3 is 10.5 Å². The van der Waals surface area contributed by atoms with Crippen molar-refractivity contribution in [3.05, 3.63) is 0 Å². The minimum Gasteiger partial charge on any atom is -0.381 e. The summed E-state index contributed by atoms with van der Waals surface area (Å²) in [5.41, 5.74) is 6.25. The summed E-state index contributed by atoms with van der Waals surface area (Å²) in [6.07, 6.45) is 9.43. The molecule has 2 heteroatoms. The lowest BCUT2D eigenvalue weighted by Gasteiger charge is -2.39. The summed E-state index contributed by atoms with van der Waals surface area (Å²) < 4.78 is 5.60. The van der Waals surface area contributed by atoms with Crippen LogP contribution in [-0.2, 0) is 4.74 Å². The van der Waals surface area contributed by atoms with Crippen LogP contribution in [0.5, 0.6) is 0 Å². The van der Waals surface area contributed by atoms with Crippen molar-refractivity contribution in [3.8, 4) is 0 Å². The van der Waals surface area contributed by atoms with Gasteiger partial charge >= 0.3 is 0 Å². The van der Waals surface area contributed by atoms with Gasteiger partial charge in [-0.3, -0.25) is 0 Å². The van der Waals surface area contributed by atoms with E-state index < -0.39 is 0 Å². The van der Waals surface area contributed by atoms with Crippen molar-refractivity contribution in [2.75, 3.05) is 19.8 Å². The van der Waals surface area contributed by atoms with E-state index in [4.69, 9.17) is 10.5 Å². The molecule has 0 heterocycles. The number of nitrogens with two attached hydrogens (primary N) is 1. The van der Waals surface area contributed by atoms with E-state index in [-0.39, 0.29) is 0 Å². The lowest BCUT2D eigenvalue weighted by molar-refractivity contribution is 0.0200. The average molecular weight is 227 g/mol. The molecule has 0 radical (unpaired) electrons. The number of rotatable bonds is 7. The molecule has 96 valence electrons. The molecule has 16 heavy (non-hydrogen) atoms. The van der Waals surface area contributed by atoms with Gasteiger partial charge in [-0.05, 0) is 38.5 Å². The maximum absolute atomic E-state index is 5.94. The zero-order valence-electron chi connectivity index (χ0n) is 11.1. The molecule has 0 spiro atoms. The van der Waals surface area contributed by atoms with Crippen LogP contribution in [0.2, 0.25) is 0 Å². The molecule has 0 atom stereocenters. The summed E-state index contributed by atoms with van der Waals surface area (Å²) in [5, 5.41) is 0. The highest BCUT2D eigenvalue weighted by atomic mass is 16.5. The highest BCUT2D eigenvalue weighted by Crippen LogP contribution is 2.40. The zero-order valence-corrected chi connectivity index (χ0v) is 11.1. The van der Waals surface area contributed by atoms with Crippen LogP contribution in [0.15, 0.2) is 0 Å². The van der Waals surface area contributed by atoms with Gasteiger partial charge in [-0.1, -0.05) is 26.2 Å². The lowest BCUT2D eigenvalue weighted by Crippen LogP contribution is -2.39. The van der Waals surface area contributed by atoms with Crippen molar-refractivity contribution in [2.45, 2.75) is 58.8 Å². The van der Waals surface area contributed by atoms with Crippen molar-refractivity contribution in [1.82, 2.24) is 0 Å². The first-order valence-corrected chi connectivity index (χ1v) is 7.04. The number of hydrogen-bond donors (Lipinski definition) is 1. The van der Waals surface area contributed by atoms with Gasteiger partial charge in [0, 0.05) is 18.6 Å². The van der Waals surface area contributed by atoms with Gasteiger partial charge in [0.25, 0.3) is 0 Å². The summed E-state index contributed by atoms with van der Waals surface area (Å²) in [5.74, 6) is 0.959. The first kappa shape index (κ1) is 14.0. The second-order valence-corrected chi connectivity index (χ2v) is 5.43. The fourth-order valence-corrected chi connectivity index (χ4v) is 2.80. The van der Waals surface area contributed by atoms with E-state index in [1.165, 1.54) is 44.9 Å². The summed E-state index contributed by atoms with van der Waals surface area (Å²) in [6.45, 7) is 6.84. The monoisotopic (exact) mass is 227 g/mol. The first-order chi connectivity index (χ1) is 7.76. The zero-order chi connectivity index (χ0) is 11.9. The van der Waals surface area contributed by atoms with Crippen LogP contribution in [0.3, 0.4) is 0 Å². The van der Waals surface area contributed by atoms with Crippen LogP contribution >= 0.6 is 0 Å². The van der Waals surface area contributed by atoms with Crippen LogP contribution in [0.4, 0.5) is 0 Å². The van der Waals surface area contributed by atoms with Crippen LogP contribution in [-0.4, -0.2) is 19.8 Å². The summed E-state index contributed by atoms with van der Waals surface area (Å²) in [7, 11) is 0. The second-order valence-electron chi connectivity index (χ2n) is 5.43. The molecular formula is C14H29NO. The molecule has 1 fully saturated rings. The average Bonchev–Trinajstić information content (AvgIpc) is 2.35. The number of unbranched alkanes of at least 4 members (excludes halogenated alkanes) is 1. The third-order valence-corrected chi connectivity index (χ3v) is 4.18. The van der Waals surface area contributed by atoms with Crippen molar-refractivity contribution in [2.24, 2.45) is 17.1 Å². The molecule has 2 N–H and O–H groups in total. The Labute approximate surface area is 101 Å². The Kier molecular flexibility index (Phi) is 6.37. The Morgan fingerprint density at radius 1 is 1.25 bits per heavy atom. The van der Waals surface area contributed by atoms with Crippen molar-refractivity contribution in [3.63, 3.8) is 0 Å². The van der Waals surface area contributed by atoms with E-state index in [1.807, 2.05) is 0 Å². The summed E-state index contributed by atoms with van der Waals surface area (Å²) >= 11 is 0. The molecule has 1 aliphatic carbocycles. The van der Waals surface area contributed by atoms with Gasteiger partial charge in [0.15, 0.2) is 0 Å². The fraction of sp³-hybridized carbons (Fsp3) is 1.00. The standard InChI is InChI=1S/C14H29NO/c1-3-5-6-13-7-9-14(11-15,10-8-13)12-16-4-2/h13H,3-12,15H2,1-2H3. The highest BCUT2D eigenvalue weighted by Gasteiger charge is 2.33. The van der Waals surface area contributed by atoms with E-state index in [0.29, 0.717) is 5.41 Å². The first-order valence-electron chi connectivity index (χ1n) is 7.04. The van der Waals surface area contributed by atoms with Gasteiger partial charge in [0.05, 0.1) is 6.61 Å². The Balaban J connectivity index is 2.31. The van der Waals surface area contributed by atoms with Crippen molar-refractivity contribution < 1.29 is 4.74 Å². The largest absolute Gasteiger partial charge is 0.381 e. The Morgan fingerprint density at radius 2 is 1.94 bits per heavy atom. The molecule has 0 aromatic rings. The third-order valence-electron chi connectivity index (χ3n) is 4.18. The third kappa shape index (κ3) is 4.06. The molecule has 1 rings (SSSR count). The van der Waals surface area contributed by atoms with Gasteiger partial charge in [0.2, 0.25) is 0 Å². The maximum atomic E-state index is 5.94. The molecule has 0 saturated heterocycles. The van der Waals surface area contributed by atoms with E-state index in [1.54, 1.807) is 0 Å². The number of hydrogen-bond acceptors (Lipinski definition) is 2. The van der Waals surface area contributed by atoms with Gasteiger partial charge in [-0.15, -0.1) is 0 Å². The molecule has 2 nitrogen and oxygen atoms in total. The van der Waals surface area contributed by atoms with Gasteiger partial charge in [-0.2, -0.15) is 0 Å². The Morgan fingerprint density at radius 3 is 2.44 bits per heavy atom. The summed E-state index contributed by atoms with van der Waals surface area (Å²) in [6, 6.07) is 0. The molecule has 1 aliphatic rings. The maximum Gasteiger partial charge on any atom is 0.0534 e. The molecule has 0 amide bonds. The van der Waals surface area contributed by atoms with Crippen LogP contribution < -0.4 is 5.73 Å². The predicted molar refractivity (Wildman–Crippen MR) is 69.5 cm³/mol. The minimum absolute atomic E-state index is 0.304. The SMILES string of the molecule is CCCCC1CCC(CN)(COCC)CC1. The van der Waals surface area contributed by atoms with Crippen LogP contribution in [0.25, 0.3) is 0 Å². The van der Waals surface area contributed by atoms with E-state index >= 15 is 0 Å². The molecule has 0 bridgehead atoms. The van der Waals surface area contributed by atoms with E-state index in [9.17, 15) is 0 Å². The van der Waals surface area contributed by atoms with E-state index in [0.717, 1.165) is 25.7 Å².